The van der Waals surface area contributed by atoms with Crippen molar-refractivity contribution >= 4 is 12.0 Å². The third kappa shape index (κ3) is 4.35. The first-order valence-electron chi connectivity index (χ1n) is 7.47. The van der Waals surface area contributed by atoms with Crippen molar-refractivity contribution in [3.05, 3.63) is 65.0 Å². The van der Waals surface area contributed by atoms with Gasteiger partial charge in [-0.15, -0.1) is 0 Å². The summed E-state index contributed by atoms with van der Waals surface area (Å²) in [5.41, 5.74) is 1.77. The Morgan fingerprint density at radius 1 is 1.12 bits per heavy atom. The molecule has 0 saturated heterocycles. The minimum atomic E-state index is -0.334. The molecule has 0 atom stereocenters. The quantitative estimate of drug-likeness (QED) is 0.824. The molecule has 2 aromatic rings. The van der Waals surface area contributed by atoms with E-state index in [9.17, 15) is 9.18 Å². The van der Waals surface area contributed by atoms with Gasteiger partial charge in [0.05, 0.1) is 14.2 Å². The lowest BCUT2D eigenvalue weighted by molar-refractivity contribution is -0.117. The van der Waals surface area contributed by atoms with Gasteiger partial charge < -0.3 is 14.8 Å². The van der Waals surface area contributed by atoms with E-state index in [1.165, 1.54) is 6.07 Å². The maximum atomic E-state index is 13.6. The van der Waals surface area contributed by atoms with Gasteiger partial charge in [0, 0.05) is 17.7 Å². The highest BCUT2D eigenvalue weighted by molar-refractivity contribution is 5.97. The molecule has 0 heterocycles. The second kappa shape index (κ2) is 8.15. The number of hydrogen-bond donors (Lipinski definition) is 1. The number of hydrogen-bond acceptors (Lipinski definition) is 3. The van der Waals surface area contributed by atoms with Crippen LogP contribution in [0.15, 0.2) is 48.0 Å². The van der Waals surface area contributed by atoms with Crippen molar-refractivity contribution in [2.45, 2.75) is 13.5 Å². The molecule has 1 amide bonds. The number of methoxy groups -OCH3 is 2. The van der Waals surface area contributed by atoms with Crippen LogP contribution in [0.1, 0.15) is 18.1 Å². The summed E-state index contributed by atoms with van der Waals surface area (Å²) in [6.45, 7) is 1.84. The van der Waals surface area contributed by atoms with Crippen LogP contribution in [0.3, 0.4) is 0 Å². The standard InChI is InChI=1S/C19H20FNO3/c1-13(10-14-8-9-17(23-2)18(11-14)24-3)19(22)21-12-15-6-4-5-7-16(15)20/h4-11H,12H2,1-3H3,(H,21,22)/b13-10+. The Morgan fingerprint density at radius 2 is 1.83 bits per heavy atom. The number of halogens is 1. The summed E-state index contributed by atoms with van der Waals surface area (Å²) in [5.74, 6) is 0.620. The Balaban J connectivity index is 2.07. The van der Waals surface area contributed by atoms with E-state index in [1.54, 1.807) is 57.6 Å². The van der Waals surface area contributed by atoms with E-state index in [1.807, 2.05) is 6.07 Å². The van der Waals surface area contributed by atoms with Gasteiger partial charge in [-0.25, -0.2) is 4.39 Å². The summed E-state index contributed by atoms with van der Waals surface area (Å²) in [5, 5.41) is 2.71. The van der Waals surface area contributed by atoms with Crippen LogP contribution in [0.2, 0.25) is 0 Å². The largest absolute Gasteiger partial charge is 0.493 e. The molecule has 0 radical (unpaired) electrons. The van der Waals surface area contributed by atoms with Gasteiger partial charge in [-0.2, -0.15) is 0 Å². The van der Waals surface area contributed by atoms with Crippen LogP contribution in [0.25, 0.3) is 6.08 Å². The number of ether oxygens (including phenoxy) is 2. The molecule has 2 rings (SSSR count). The molecule has 0 aliphatic rings. The molecule has 4 nitrogen and oxygen atoms in total. The first-order chi connectivity index (χ1) is 11.5. The second-order valence-electron chi connectivity index (χ2n) is 5.22. The maximum absolute atomic E-state index is 13.6. The molecular weight excluding hydrogens is 309 g/mol. The zero-order valence-corrected chi connectivity index (χ0v) is 13.9. The smallest absolute Gasteiger partial charge is 0.247 e. The van der Waals surface area contributed by atoms with Gasteiger partial charge in [0.15, 0.2) is 11.5 Å². The summed E-state index contributed by atoms with van der Waals surface area (Å²) in [6.07, 6.45) is 1.73. The van der Waals surface area contributed by atoms with Crippen LogP contribution in [-0.2, 0) is 11.3 Å². The van der Waals surface area contributed by atoms with Crippen LogP contribution in [0.5, 0.6) is 11.5 Å². The zero-order valence-electron chi connectivity index (χ0n) is 13.9. The third-order valence-corrected chi connectivity index (χ3v) is 3.55. The second-order valence-corrected chi connectivity index (χ2v) is 5.22. The molecule has 5 heteroatoms. The highest BCUT2D eigenvalue weighted by Gasteiger charge is 2.08. The Bertz CT molecular complexity index is 756. The Labute approximate surface area is 140 Å². The maximum Gasteiger partial charge on any atom is 0.247 e. The normalized spacial score (nSPS) is 11.1. The van der Waals surface area contributed by atoms with Gasteiger partial charge in [-0.1, -0.05) is 24.3 Å². The number of carbonyl (C=O) groups excluding carboxylic acids is 1. The van der Waals surface area contributed by atoms with Crippen LogP contribution >= 0.6 is 0 Å². The summed E-state index contributed by atoms with van der Waals surface area (Å²) < 4.78 is 24.0. The van der Waals surface area contributed by atoms with E-state index < -0.39 is 0 Å². The first kappa shape index (κ1) is 17.5. The minimum Gasteiger partial charge on any atom is -0.493 e. The molecule has 0 fully saturated rings. The molecule has 1 N–H and O–H groups in total. The SMILES string of the molecule is COc1ccc(/C=C(\C)C(=O)NCc2ccccc2F)cc1OC. The van der Waals surface area contributed by atoms with Gasteiger partial charge in [0.2, 0.25) is 5.91 Å². The third-order valence-electron chi connectivity index (χ3n) is 3.55. The van der Waals surface area contributed by atoms with Crippen LogP contribution in [0, 0.1) is 5.82 Å². The van der Waals surface area contributed by atoms with Crippen molar-refractivity contribution < 1.29 is 18.7 Å². The van der Waals surface area contributed by atoms with Crippen molar-refractivity contribution in [2.24, 2.45) is 0 Å². The fourth-order valence-electron chi connectivity index (χ4n) is 2.21. The fraction of sp³-hybridized carbons (Fsp3) is 0.211. The monoisotopic (exact) mass is 329 g/mol. The number of carbonyl (C=O) groups is 1. The van der Waals surface area contributed by atoms with Gasteiger partial charge in [-0.05, 0) is 36.8 Å². The van der Waals surface area contributed by atoms with Crippen molar-refractivity contribution in [1.82, 2.24) is 5.32 Å². The fourth-order valence-corrected chi connectivity index (χ4v) is 2.21. The topological polar surface area (TPSA) is 47.6 Å². The summed E-state index contributed by atoms with van der Waals surface area (Å²) in [6, 6.07) is 11.7. The van der Waals surface area contributed by atoms with Crippen molar-refractivity contribution in [3.63, 3.8) is 0 Å². The van der Waals surface area contributed by atoms with E-state index in [2.05, 4.69) is 5.32 Å². The highest BCUT2D eigenvalue weighted by Crippen LogP contribution is 2.28. The van der Waals surface area contributed by atoms with Gasteiger partial charge in [-0.3, -0.25) is 4.79 Å². The van der Waals surface area contributed by atoms with Gasteiger partial charge in [0.25, 0.3) is 0 Å². The van der Waals surface area contributed by atoms with Crippen LogP contribution in [0.4, 0.5) is 4.39 Å². The lowest BCUT2D eigenvalue weighted by Gasteiger charge is -2.09. The molecule has 2 aromatic carbocycles. The lowest BCUT2D eigenvalue weighted by atomic mass is 10.1. The Hall–Kier alpha value is -2.82. The molecule has 126 valence electrons. The number of rotatable bonds is 6. The molecule has 0 aliphatic heterocycles. The average molecular weight is 329 g/mol. The molecule has 24 heavy (non-hydrogen) atoms. The molecule has 0 saturated carbocycles. The van der Waals surface area contributed by atoms with E-state index >= 15 is 0 Å². The molecule has 0 aliphatic carbocycles. The highest BCUT2D eigenvalue weighted by atomic mass is 19.1. The van der Waals surface area contributed by atoms with E-state index in [-0.39, 0.29) is 18.3 Å². The molecule has 0 aromatic heterocycles. The van der Waals surface area contributed by atoms with Gasteiger partial charge in [0.1, 0.15) is 5.82 Å². The van der Waals surface area contributed by atoms with Crippen molar-refractivity contribution in [3.8, 4) is 11.5 Å². The zero-order chi connectivity index (χ0) is 17.5. The average Bonchev–Trinajstić information content (AvgIpc) is 2.60. The molecule has 0 unspecified atom stereocenters. The molecule has 0 spiro atoms. The Morgan fingerprint density at radius 3 is 2.50 bits per heavy atom. The van der Waals surface area contributed by atoms with E-state index in [0.29, 0.717) is 22.6 Å². The van der Waals surface area contributed by atoms with Crippen molar-refractivity contribution in [1.29, 1.82) is 0 Å². The predicted octanol–water partition coefficient (Wildman–Crippen LogP) is 3.56. The number of benzene rings is 2. The summed E-state index contributed by atoms with van der Waals surface area (Å²) in [4.78, 5) is 12.2. The molecule has 0 bridgehead atoms. The number of amides is 1. The summed E-state index contributed by atoms with van der Waals surface area (Å²) in [7, 11) is 3.12. The first-order valence-corrected chi connectivity index (χ1v) is 7.47. The minimum absolute atomic E-state index is 0.141. The predicted molar refractivity (Wildman–Crippen MR) is 91.4 cm³/mol. The van der Waals surface area contributed by atoms with Gasteiger partial charge >= 0.3 is 0 Å². The lowest BCUT2D eigenvalue weighted by Crippen LogP contribution is -2.23. The van der Waals surface area contributed by atoms with E-state index in [0.717, 1.165) is 5.56 Å². The molecular formula is C19H20FNO3. The van der Waals surface area contributed by atoms with E-state index in [4.69, 9.17) is 9.47 Å². The summed E-state index contributed by atoms with van der Waals surface area (Å²) >= 11 is 0. The van der Waals surface area contributed by atoms with Crippen LogP contribution < -0.4 is 14.8 Å². The van der Waals surface area contributed by atoms with Crippen molar-refractivity contribution in [2.75, 3.05) is 14.2 Å². The van der Waals surface area contributed by atoms with Crippen LogP contribution in [-0.4, -0.2) is 20.1 Å². The Kier molecular flexibility index (Phi) is 5.95. The number of nitrogens with one attached hydrogen (secondary N) is 1.